The number of amides is 1. The maximum absolute atomic E-state index is 13.3. The average molecular weight is 436 g/mol. The standard InChI is InChI=1S/C21H27ClFN5O2/c1-14(2)25-8-10-26(11-9-25)20(29)17-4-3-7-27-19(17)24-28(21(27)30)13-15-5-6-16(23)12-18(15)22/h5-6,12,14,17H,3-4,7-11,13H2,1-2H3. The van der Waals surface area contributed by atoms with Crippen LogP contribution in [-0.4, -0.2) is 62.3 Å². The predicted molar refractivity (Wildman–Crippen MR) is 112 cm³/mol. The van der Waals surface area contributed by atoms with Gasteiger partial charge in [0, 0.05) is 43.8 Å². The van der Waals surface area contributed by atoms with Crippen LogP contribution in [0.5, 0.6) is 0 Å². The first kappa shape index (κ1) is 21.1. The molecule has 30 heavy (non-hydrogen) atoms. The molecule has 4 rings (SSSR count). The van der Waals surface area contributed by atoms with Crippen molar-refractivity contribution < 1.29 is 9.18 Å². The number of rotatable bonds is 4. The maximum Gasteiger partial charge on any atom is 0.346 e. The third-order valence-electron chi connectivity index (χ3n) is 6.13. The van der Waals surface area contributed by atoms with Gasteiger partial charge in [-0.1, -0.05) is 17.7 Å². The molecule has 1 atom stereocenters. The van der Waals surface area contributed by atoms with E-state index >= 15 is 0 Å². The molecule has 1 aromatic carbocycles. The highest BCUT2D eigenvalue weighted by atomic mass is 35.5. The number of aromatic nitrogens is 3. The fourth-order valence-electron chi connectivity index (χ4n) is 4.34. The summed E-state index contributed by atoms with van der Waals surface area (Å²) in [5.41, 5.74) is 0.357. The lowest BCUT2D eigenvalue weighted by atomic mass is 9.97. The molecule has 1 fully saturated rings. The van der Waals surface area contributed by atoms with E-state index in [-0.39, 0.29) is 23.2 Å². The van der Waals surface area contributed by atoms with Gasteiger partial charge in [-0.3, -0.25) is 14.3 Å². The van der Waals surface area contributed by atoms with Crippen molar-refractivity contribution in [1.29, 1.82) is 0 Å². The molecule has 1 amide bonds. The van der Waals surface area contributed by atoms with Gasteiger partial charge in [-0.25, -0.2) is 13.9 Å². The minimum absolute atomic E-state index is 0.0521. The molecular weight excluding hydrogens is 409 g/mol. The Balaban J connectivity index is 1.55. The molecule has 0 spiro atoms. The summed E-state index contributed by atoms with van der Waals surface area (Å²) in [5, 5.41) is 4.76. The molecule has 162 valence electrons. The van der Waals surface area contributed by atoms with E-state index < -0.39 is 11.7 Å². The van der Waals surface area contributed by atoms with Crippen molar-refractivity contribution >= 4 is 17.5 Å². The zero-order valence-electron chi connectivity index (χ0n) is 17.4. The minimum Gasteiger partial charge on any atom is -0.339 e. The molecule has 0 radical (unpaired) electrons. The van der Waals surface area contributed by atoms with E-state index in [0.717, 1.165) is 19.5 Å². The summed E-state index contributed by atoms with van der Waals surface area (Å²) in [4.78, 5) is 30.4. The number of carbonyl (C=O) groups excluding carboxylic acids is 1. The van der Waals surface area contributed by atoms with Crippen LogP contribution in [0.4, 0.5) is 4.39 Å². The van der Waals surface area contributed by atoms with E-state index in [1.165, 1.54) is 16.8 Å². The lowest BCUT2D eigenvalue weighted by molar-refractivity contribution is -0.135. The molecule has 2 aromatic rings. The highest BCUT2D eigenvalue weighted by Crippen LogP contribution is 2.27. The maximum atomic E-state index is 13.3. The van der Waals surface area contributed by atoms with Gasteiger partial charge in [-0.05, 0) is 44.4 Å². The highest BCUT2D eigenvalue weighted by molar-refractivity contribution is 6.31. The number of hydrogen-bond acceptors (Lipinski definition) is 4. The first-order chi connectivity index (χ1) is 14.3. The fourth-order valence-corrected chi connectivity index (χ4v) is 4.56. The topological polar surface area (TPSA) is 63.4 Å². The number of hydrogen-bond donors (Lipinski definition) is 0. The second-order valence-electron chi connectivity index (χ2n) is 8.34. The van der Waals surface area contributed by atoms with Gasteiger partial charge in [0.2, 0.25) is 5.91 Å². The summed E-state index contributed by atoms with van der Waals surface area (Å²) in [5.74, 6) is -0.248. The van der Waals surface area contributed by atoms with Crippen LogP contribution in [0.1, 0.15) is 44.0 Å². The Hall–Kier alpha value is -2.19. The second kappa shape index (κ2) is 8.51. The summed E-state index contributed by atoms with van der Waals surface area (Å²) in [6, 6.07) is 4.56. The van der Waals surface area contributed by atoms with Gasteiger partial charge >= 0.3 is 5.69 Å². The zero-order valence-corrected chi connectivity index (χ0v) is 18.1. The van der Waals surface area contributed by atoms with Crippen molar-refractivity contribution in [2.24, 2.45) is 0 Å². The van der Waals surface area contributed by atoms with Gasteiger partial charge in [0.25, 0.3) is 0 Å². The molecule has 1 unspecified atom stereocenters. The molecule has 7 nitrogen and oxygen atoms in total. The largest absolute Gasteiger partial charge is 0.346 e. The highest BCUT2D eigenvalue weighted by Gasteiger charge is 2.35. The molecule has 0 aliphatic carbocycles. The normalized spacial score (nSPS) is 19.9. The molecule has 1 saturated heterocycles. The number of nitrogens with zero attached hydrogens (tertiary/aromatic N) is 5. The number of halogens is 2. The summed E-state index contributed by atoms with van der Waals surface area (Å²) in [7, 11) is 0. The van der Waals surface area contributed by atoms with Crippen LogP contribution in [0.3, 0.4) is 0 Å². The van der Waals surface area contributed by atoms with Gasteiger partial charge in [0.05, 0.1) is 12.5 Å². The smallest absolute Gasteiger partial charge is 0.339 e. The predicted octanol–water partition coefficient (Wildman–Crippen LogP) is 2.32. The van der Waals surface area contributed by atoms with Gasteiger partial charge < -0.3 is 4.90 Å². The monoisotopic (exact) mass is 435 g/mol. The van der Waals surface area contributed by atoms with Gasteiger partial charge in [0.1, 0.15) is 11.6 Å². The zero-order chi connectivity index (χ0) is 21.4. The van der Waals surface area contributed by atoms with Crippen LogP contribution < -0.4 is 5.69 Å². The van der Waals surface area contributed by atoms with E-state index in [1.807, 2.05) is 4.90 Å². The van der Waals surface area contributed by atoms with E-state index in [4.69, 9.17) is 11.6 Å². The lowest BCUT2D eigenvalue weighted by Gasteiger charge is -2.38. The third kappa shape index (κ3) is 4.03. The average Bonchev–Trinajstić information content (AvgIpc) is 3.05. The first-order valence-corrected chi connectivity index (χ1v) is 10.9. The molecule has 0 bridgehead atoms. The quantitative estimate of drug-likeness (QED) is 0.739. The van der Waals surface area contributed by atoms with Crippen LogP contribution in [0.2, 0.25) is 5.02 Å². The molecule has 1 aromatic heterocycles. The second-order valence-corrected chi connectivity index (χ2v) is 8.74. The van der Waals surface area contributed by atoms with Crippen molar-refractivity contribution in [2.75, 3.05) is 26.2 Å². The third-order valence-corrected chi connectivity index (χ3v) is 6.48. The summed E-state index contributed by atoms with van der Waals surface area (Å²) < 4.78 is 16.3. The Bertz CT molecular complexity index is 994. The minimum atomic E-state index is -0.427. The molecular formula is C21H27ClFN5O2. The lowest BCUT2D eigenvalue weighted by Crippen LogP contribution is -2.52. The van der Waals surface area contributed by atoms with Gasteiger partial charge in [-0.2, -0.15) is 5.10 Å². The van der Waals surface area contributed by atoms with Crippen LogP contribution in [0.15, 0.2) is 23.0 Å². The summed E-state index contributed by atoms with van der Waals surface area (Å²) >= 11 is 6.12. The van der Waals surface area contributed by atoms with Crippen molar-refractivity contribution in [1.82, 2.24) is 24.1 Å². The number of piperazine rings is 1. The first-order valence-electron chi connectivity index (χ1n) is 10.5. The Morgan fingerprint density at radius 1 is 1.23 bits per heavy atom. The van der Waals surface area contributed by atoms with Crippen molar-refractivity contribution in [3.63, 3.8) is 0 Å². The van der Waals surface area contributed by atoms with Gasteiger partial charge in [0.15, 0.2) is 0 Å². The van der Waals surface area contributed by atoms with Crippen molar-refractivity contribution in [3.05, 3.63) is 50.9 Å². The van der Waals surface area contributed by atoms with E-state index in [1.54, 1.807) is 10.6 Å². The van der Waals surface area contributed by atoms with Crippen molar-refractivity contribution in [3.8, 4) is 0 Å². The molecule has 2 aliphatic rings. The van der Waals surface area contributed by atoms with E-state index in [0.29, 0.717) is 43.5 Å². The molecule has 3 heterocycles. The summed E-state index contributed by atoms with van der Waals surface area (Å²) in [6.45, 7) is 8.14. The Morgan fingerprint density at radius 2 is 1.97 bits per heavy atom. The number of benzene rings is 1. The van der Waals surface area contributed by atoms with E-state index in [9.17, 15) is 14.0 Å². The fraction of sp³-hybridized carbons (Fsp3) is 0.571. The Kier molecular flexibility index (Phi) is 5.97. The number of fused-ring (bicyclic) bond motifs is 1. The van der Waals surface area contributed by atoms with Gasteiger partial charge in [-0.15, -0.1) is 0 Å². The Labute approximate surface area is 180 Å². The van der Waals surface area contributed by atoms with Crippen LogP contribution >= 0.6 is 11.6 Å². The van der Waals surface area contributed by atoms with Crippen LogP contribution in [0.25, 0.3) is 0 Å². The number of carbonyl (C=O) groups is 1. The molecule has 0 saturated carbocycles. The molecule has 9 heteroatoms. The van der Waals surface area contributed by atoms with Crippen molar-refractivity contribution in [2.45, 2.75) is 51.7 Å². The van der Waals surface area contributed by atoms with E-state index in [2.05, 4.69) is 23.8 Å². The SMILES string of the molecule is CC(C)N1CCN(C(=O)C2CCCn3c2nn(Cc2ccc(F)cc2Cl)c3=O)CC1. The molecule has 2 aliphatic heterocycles. The Morgan fingerprint density at radius 3 is 2.63 bits per heavy atom. The van der Waals surface area contributed by atoms with Crippen LogP contribution in [-0.2, 0) is 17.9 Å². The molecule has 0 N–H and O–H groups in total. The van der Waals surface area contributed by atoms with Crippen LogP contribution in [0, 0.1) is 5.82 Å². The summed E-state index contributed by atoms with van der Waals surface area (Å²) in [6.07, 6.45) is 1.45.